The highest BCUT2D eigenvalue weighted by Crippen LogP contribution is 2.58. The Kier molecular flexibility index (Phi) is 6.80. The Bertz CT molecular complexity index is 698. The lowest BCUT2D eigenvalue weighted by atomic mass is 9.71. The van der Waals surface area contributed by atoms with E-state index in [1.54, 1.807) is 6.92 Å². The lowest BCUT2D eigenvalue weighted by Crippen LogP contribution is -2.56. The number of aliphatic hydroxyl groups excluding tert-OH is 1. The molecule has 1 spiro atoms. The van der Waals surface area contributed by atoms with Crippen LogP contribution in [0.4, 0.5) is 0 Å². The number of carbonyl (C=O) groups is 3. The van der Waals surface area contributed by atoms with Gasteiger partial charge in [-0.15, -0.1) is 0 Å². The first-order valence-corrected chi connectivity index (χ1v) is 11.4. The van der Waals surface area contributed by atoms with Gasteiger partial charge in [-0.25, -0.2) is 0 Å². The van der Waals surface area contributed by atoms with Crippen molar-refractivity contribution in [1.29, 1.82) is 0 Å². The molecular weight excluding hydrogens is 406 g/mol. The quantitative estimate of drug-likeness (QED) is 0.428. The van der Waals surface area contributed by atoms with Crippen molar-refractivity contribution in [3.8, 4) is 0 Å². The minimum atomic E-state index is -1.00. The van der Waals surface area contributed by atoms with Gasteiger partial charge in [-0.3, -0.25) is 19.3 Å². The van der Waals surface area contributed by atoms with E-state index < -0.39 is 35.6 Å². The van der Waals surface area contributed by atoms with Crippen LogP contribution in [0.5, 0.6) is 0 Å². The molecule has 10 nitrogen and oxygen atoms in total. The number of ether oxygens (including phenoxy) is 3. The molecule has 0 aliphatic carbocycles. The first-order valence-electron chi connectivity index (χ1n) is 11.4. The summed E-state index contributed by atoms with van der Waals surface area (Å²) in [6.07, 6.45) is 1.15. The van der Waals surface area contributed by atoms with Crippen LogP contribution in [0, 0.1) is 11.8 Å². The first-order chi connectivity index (χ1) is 15.0. The van der Waals surface area contributed by atoms with Crippen molar-refractivity contribution in [3.63, 3.8) is 0 Å². The number of hydrogen-bond donors (Lipinski definition) is 2. The molecule has 4 heterocycles. The van der Waals surface area contributed by atoms with Crippen molar-refractivity contribution in [3.05, 3.63) is 0 Å². The monoisotopic (exact) mass is 439 g/mol. The lowest BCUT2D eigenvalue weighted by Gasteiger charge is -2.33. The van der Waals surface area contributed by atoms with Gasteiger partial charge in [0.05, 0.1) is 37.8 Å². The molecule has 31 heavy (non-hydrogen) atoms. The molecule has 0 radical (unpaired) electrons. The minimum absolute atomic E-state index is 0.0857. The molecule has 4 rings (SSSR count). The molecule has 0 aromatic rings. The van der Waals surface area contributed by atoms with E-state index in [2.05, 4.69) is 10.2 Å². The van der Waals surface area contributed by atoms with E-state index in [0.717, 1.165) is 13.1 Å². The average molecular weight is 440 g/mol. The second kappa shape index (κ2) is 9.40. The largest absolute Gasteiger partial charge is 0.466 e. The Morgan fingerprint density at radius 1 is 1.29 bits per heavy atom. The van der Waals surface area contributed by atoms with Crippen LogP contribution in [-0.2, 0) is 28.6 Å². The van der Waals surface area contributed by atoms with Crippen LogP contribution in [0.15, 0.2) is 0 Å². The predicted octanol–water partition coefficient (Wildman–Crippen LogP) is -1.25. The van der Waals surface area contributed by atoms with E-state index in [1.165, 1.54) is 4.90 Å². The van der Waals surface area contributed by atoms with Gasteiger partial charge >= 0.3 is 5.97 Å². The molecule has 0 saturated carbocycles. The van der Waals surface area contributed by atoms with Crippen LogP contribution in [0.1, 0.15) is 26.2 Å². The Morgan fingerprint density at radius 2 is 2.06 bits per heavy atom. The van der Waals surface area contributed by atoms with E-state index in [1.807, 2.05) is 0 Å². The number of esters is 1. The van der Waals surface area contributed by atoms with Crippen molar-refractivity contribution >= 4 is 17.8 Å². The van der Waals surface area contributed by atoms with E-state index in [0.29, 0.717) is 45.6 Å². The maximum absolute atomic E-state index is 13.4. The van der Waals surface area contributed by atoms with Crippen molar-refractivity contribution in [1.82, 2.24) is 15.1 Å². The van der Waals surface area contributed by atoms with E-state index in [9.17, 15) is 19.5 Å². The van der Waals surface area contributed by atoms with Gasteiger partial charge in [-0.2, -0.15) is 0 Å². The van der Waals surface area contributed by atoms with Crippen LogP contribution in [0.25, 0.3) is 0 Å². The number of nitrogens with one attached hydrogen (secondary N) is 1. The van der Waals surface area contributed by atoms with Gasteiger partial charge in [-0.05, 0) is 26.2 Å². The summed E-state index contributed by atoms with van der Waals surface area (Å²) in [4.78, 5) is 43.1. The fourth-order valence-electron chi connectivity index (χ4n) is 5.70. The number of morpholine rings is 1. The molecule has 5 atom stereocenters. The number of hydrogen-bond acceptors (Lipinski definition) is 8. The van der Waals surface area contributed by atoms with Crippen molar-refractivity contribution < 1.29 is 33.7 Å². The van der Waals surface area contributed by atoms with Crippen LogP contribution >= 0.6 is 0 Å². The number of fused-ring (bicyclic) bond motifs is 1. The molecule has 0 aromatic carbocycles. The smallest absolute Gasteiger partial charge is 0.312 e. The molecule has 2 unspecified atom stereocenters. The normalized spacial score (nSPS) is 34.8. The zero-order valence-electron chi connectivity index (χ0n) is 18.1. The highest BCUT2D eigenvalue weighted by atomic mass is 16.6. The van der Waals surface area contributed by atoms with Gasteiger partial charge in [0.2, 0.25) is 11.8 Å². The van der Waals surface area contributed by atoms with E-state index in [-0.39, 0.29) is 31.6 Å². The molecule has 10 heteroatoms. The summed E-state index contributed by atoms with van der Waals surface area (Å²) in [7, 11) is 0. The number of aliphatic hydroxyl groups is 1. The third-order valence-electron chi connectivity index (χ3n) is 7.00. The number of carbonyl (C=O) groups excluding carboxylic acids is 3. The maximum atomic E-state index is 13.4. The second-order valence-electron chi connectivity index (χ2n) is 8.66. The summed E-state index contributed by atoms with van der Waals surface area (Å²) in [6, 6.07) is -0.800. The molecule has 174 valence electrons. The molecule has 2 N–H and O–H groups in total. The van der Waals surface area contributed by atoms with Gasteiger partial charge in [0.15, 0.2) is 0 Å². The van der Waals surface area contributed by atoms with E-state index in [4.69, 9.17) is 14.2 Å². The van der Waals surface area contributed by atoms with Gasteiger partial charge < -0.3 is 29.5 Å². The van der Waals surface area contributed by atoms with Crippen LogP contribution < -0.4 is 5.32 Å². The first kappa shape index (κ1) is 22.4. The molecule has 4 fully saturated rings. The number of nitrogens with zero attached hydrogens (tertiary/aromatic N) is 2. The third-order valence-corrected chi connectivity index (χ3v) is 7.00. The SMILES string of the molecule is CCOC(=O)[C@@H]1[C@H]2C(=O)N(CCCO)C(C(=O)NCCN3CCOCC3)C23CC[C@H]1O3. The van der Waals surface area contributed by atoms with E-state index >= 15 is 0 Å². The number of likely N-dealkylation sites (tertiary alicyclic amines) is 1. The minimum Gasteiger partial charge on any atom is -0.466 e. The molecule has 4 aliphatic rings. The summed E-state index contributed by atoms with van der Waals surface area (Å²) in [6.45, 7) is 6.34. The third kappa shape index (κ3) is 3.94. The van der Waals surface area contributed by atoms with Gasteiger partial charge in [0.1, 0.15) is 11.6 Å². The Labute approximate surface area is 182 Å². The summed E-state index contributed by atoms with van der Waals surface area (Å²) in [5.74, 6) is -2.32. The number of amides is 2. The Hall–Kier alpha value is -1.75. The average Bonchev–Trinajstić information content (AvgIpc) is 3.40. The molecule has 0 aromatic heterocycles. The molecular formula is C21H33N3O7. The maximum Gasteiger partial charge on any atom is 0.312 e. The van der Waals surface area contributed by atoms with Crippen LogP contribution in [0.3, 0.4) is 0 Å². The Balaban J connectivity index is 1.51. The summed E-state index contributed by atoms with van der Waals surface area (Å²) in [5, 5.41) is 12.3. The standard InChI is InChI=1S/C21H33N3O7/c1-2-30-20(28)15-14-4-5-21(31-14)16(15)19(27)24(7-3-11-25)17(21)18(26)22-6-8-23-9-12-29-13-10-23/h14-17,25H,2-13H2,1H3,(H,22,26)/t14-,15+,16+,17?,21?/m1/s1. The molecule has 2 bridgehead atoms. The van der Waals surface area contributed by atoms with Crippen LogP contribution in [-0.4, -0.2) is 110 Å². The summed E-state index contributed by atoms with van der Waals surface area (Å²) < 4.78 is 16.8. The molecule has 4 aliphatic heterocycles. The van der Waals surface area contributed by atoms with Crippen molar-refractivity contribution in [2.45, 2.75) is 43.9 Å². The highest BCUT2D eigenvalue weighted by molar-refractivity contribution is 5.98. The van der Waals surface area contributed by atoms with Crippen molar-refractivity contribution in [2.24, 2.45) is 11.8 Å². The lowest BCUT2D eigenvalue weighted by molar-refractivity contribution is -0.154. The van der Waals surface area contributed by atoms with Gasteiger partial charge in [-0.1, -0.05) is 0 Å². The zero-order chi connectivity index (χ0) is 22.0. The molecule has 4 saturated heterocycles. The summed E-state index contributed by atoms with van der Waals surface area (Å²) in [5.41, 5.74) is -1.00. The summed E-state index contributed by atoms with van der Waals surface area (Å²) >= 11 is 0. The fraction of sp³-hybridized carbons (Fsp3) is 0.857. The Morgan fingerprint density at radius 3 is 2.77 bits per heavy atom. The zero-order valence-corrected chi connectivity index (χ0v) is 18.1. The number of rotatable bonds is 9. The van der Waals surface area contributed by atoms with Gasteiger partial charge in [0.25, 0.3) is 0 Å². The van der Waals surface area contributed by atoms with Crippen molar-refractivity contribution in [2.75, 3.05) is 59.2 Å². The molecule has 2 amide bonds. The van der Waals surface area contributed by atoms with Crippen LogP contribution in [0.2, 0.25) is 0 Å². The second-order valence-corrected chi connectivity index (χ2v) is 8.66. The van der Waals surface area contributed by atoms with Gasteiger partial charge in [0, 0.05) is 39.3 Å². The fourth-order valence-corrected chi connectivity index (χ4v) is 5.70. The highest BCUT2D eigenvalue weighted by Gasteiger charge is 2.74. The predicted molar refractivity (Wildman–Crippen MR) is 108 cm³/mol. The topological polar surface area (TPSA) is 118 Å².